The molecule has 1 aromatic carbocycles. The van der Waals surface area contributed by atoms with Gasteiger partial charge in [0.15, 0.2) is 11.5 Å². The first kappa shape index (κ1) is 18.4. The quantitative estimate of drug-likeness (QED) is 0.513. The van der Waals surface area contributed by atoms with E-state index < -0.39 is 11.8 Å². The van der Waals surface area contributed by atoms with Gasteiger partial charge in [-0.15, -0.1) is 0 Å². The lowest BCUT2D eigenvalue weighted by atomic mass is 10.1. The van der Waals surface area contributed by atoms with Crippen molar-refractivity contribution in [1.82, 2.24) is 20.6 Å². The van der Waals surface area contributed by atoms with E-state index in [1.54, 1.807) is 30.3 Å². The van der Waals surface area contributed by atoms with E-state index in [9.17, 15) is 14.4 Å². The fourth-order valence-corrected chi connectivity index (χ4v) is 2.71. The molecule has 0 aliphatic carbocycles. The number of aryl methyl sites for hydroxylation is 1. The number of furan rings is 1. The Morgan fingerprint density at radius 3 is 2.48 bits per heavy atom. The molecule has 8 nitrogen and oxygen atoms in total. The van der Waals surface area contributed by atoms with Crippen molar-refractivity contribution in [3.8, 4) is 0 Å². The van der Waals surface area contributed by atoms with Crippen molar-refractivity contribution < 1.29 is 14.0 Å². The number of hydrazine groups is 1. The van der Waals surface area contributed by atoms with Crippen molar-refractivity contribution >= 4 is 22.6 Å². The molecule has 0 aliphatic rings. The van der Waals surface area contributed by atoms with Crippen molar-refractivity contribution in [3.63, 3.8) is 0 Å². The molecule has 3 rings (SSSR count). The van der Waals surface area contributed by atoms with Crippen LogP contribution in [0.2, 0.25) is 0 Å². The van der Waals surface area contributed by atoms with Crippen LogP contribution in [-0.2, 0) is 6.54 Å². The Hall–Kier alpha value is -3.42. The minimum Gasteiger partial charge on any atom is -0.459 e. The highest BCUT2D eigenvalue weighted by molar-refractivity contribution is 6.05. The van der Waals surface area contributed by atoms with E-state index >= 15 is 0 Å². The van der Waals surface area contributed by atoms with E-state index in [1.807, 2.05) is 0 Å². The van der Waals surface area contributed by atoms with Gasteiger partial charge in [0.1, 0.15) is 0 Å². The second-order valence-electron chi connectivity index (χ2n) is 6.02. The third kappa shape index (κ3) is 4.05. The number of aromatic nitrogens is 2. The summed E-state index contributed by atoms with van der Waals surface area (Å²) in [6, 6.07) is 9.82. The molecule has 3 aromatic rings. The number of benzene rings is 1. The van der Waals surface area contributed by atoms with Crippen molar-refractivity contribution in [2.24, 2.45) is 0 Å². The van der Waals surface area contributed by atoms with Crippen LogP contribution >= 0.6 is 0 Å². The minimum absolute atomic E-state index is 0.0673. The maximum atomic E-state index is 12.6. The van der Waals surface area contributed by atoms with E-state index in [1.165, 1.54) is 17.0 Å². The molecular weight excluding hydrogens is 348 g/mol. The molecular formula is C19H20N4O4. The molecule has 8 heteroatoms. The zero-order chi connectivity index (χ0) is 19.2. The average Bonchev–Trinajstić information content (AvgIpc) is 3.23. The van der Waals surface area contributed by atoms with Crippen LogP contribution in [-0.4, -0.2) is 21.6 Å². The molecule has 0 radical (unpaired) electrons. The summed E-state index contributed by atoms with van der Waals surface area (Å²) in [7, 11) is 0. The highest BCUT2D eigenvalue weighted by Gasteiger charge is 2.18. The number of amides is 2. The molecule has 0 aliphatic heterocycles. The molecule has 2 heterocycles. The largest absolute Gasteiger partial charge is 0.459 e. The first-order chi connectivity index (χ1) is 13.1. The van der Waals surface area contributed by atoms with Gasteiger partial charge >= 0.3 is 5.91 Å². The van der Waals surface area contributed by atoms with Gasteiger partial charge in [-0.05, 0) is 24.6 Å². The van der Waals surface area contributed by atoms with Crippen LogP contribution in [0.4, 0.5) is 0 Å². The number of rotatable bonds is 6. The third-order valence-corrected chi connectivity index (χ3v) is 4.09. The van der Waals surface area contributed by atoms with Crippen LogP contribution in [0.1, 0.15) is 47.2 Å². The van der Waals surface area contributed by atoms with Gasteiger partial charge < -0.3 is 4.42 Å². The summed E-state index contributed by atoms with van der Waals surface area (Å²) in [5, 5.41) is 5.07. The number of hydrogen-bond donors (Lipinski definition) is 2. The Labute approximate surface area is 155 Å². The van der Waals surface area contributed by atoms with Crippen LogP contribution in [0, 0.1) is 0 Å². The average molecular weight is 368 g/mol. The predicted octanol–water partition coefficient (Wildman–Crippen LogP) is 2.25. The minimum atomic E-state index is -0.615. The Morgan fingerprint density at radius 1 is 1.04 bits per heavy atom. The summed E-state index contributed by atoms with van der Waals surface area (Å²) in [6.45, 7) is 2.49. The highest BCUT2D eigenvalue weighted by atomic mass is 16.3. The van der Waals surface area contributed by atoms with Gasteiger partial charge in [-0.25, -0.2) is 4.68 Å². The fourth-order valence-electron chi connectivity index (χ4n) is 2.71. The number of carbonyl (C=O) groups is 2. The molecule has 0 saturated carbocycles. The van der Waals surface area contributed by atoms with Crippen LogP contribution in [0.5, 0.6) is 0 Å². The summed E-state index contributed by atoms with van der Waals surface area (Å²) in [6.07, 6.45) is 4.12. The van der Waals surface area contributed by atoms with E-state index in [0.717, 1.165) is 19.3 Å². The van der Waals surface area contributed by atoms with Gasteiger partial charge in [0.2, 0.25) is 0 Å². The maximum Gasteiger partial charge on any atom is 0.305 e. The van der Waals surface area contributed by atoms with E-state index in [4.69, 9.17) is 4.42 Å². The number of carbonyl (C=O) groups excluding carboxylic acids is 2. The van der Waals surface area contributed by atoms with Gasteiger partial charge in [-0.2, -0.15) is 5.10 Å². The van der Waals surface area contributed by atoms with Crippen LogP contribution < -0.4 is 16.4 Å². The zero-order valence-corrected chi connectivity index (χ0v) is 14.9. The fraction of sp³-hybridized carbons (Fsp3) is 0.263. The summed E-state index contributed by atoms with van der Waals surface area (Å²) in [5.41, 5.74) is 4.42. The molecule has 0 bridgehead atoms. The summed E-state index contributed by atoms with van der Waals surface area (Å²) >= 11 is 0. The smallest absolute Gasteiger partial charge is 0.305 e. The van der Waals surface area contributed by atoms with Gasteiger partial charge in [-0.1, -0.05) is 38.0 Å². The zero-order valence-electron chi connectivity index (χ0n) is 14.9. The molecule has 27 heavy (non-hydrogen) atoms. The van der Waals surface area contributed by atoms with Crippen molar-refractivity contribution in [3.05, 3.63) is 64.5 Å². The van der Waals surface area contributed by atoms with E-state index in [0.29, 0.717) is 17.3 Å². The van der Waals surface area contributed by atoms with Crippen LogP contribution in [0.15, 0.2) is 51.9 Å². The Bertz CT molecular complexity index is 1010. The second kappa shape index (κ2) is 8.31. The predicted molar refractivity (Wildman–Crippen MR) is 99.2 cm³/mol. The van der Waals surface area contributed by atoms with Gasteiger partial charge in [0, 0.05) is 11.9 Å². The number of nitrogens with one attached hydrogen (secondary N) is 2. The summed E-state index contributed by atoms with van der Waals surface area (Å²) in [4.78, 5) is 37.1. The third-order valence-electron chi connectivity index (χ3n) is 4.09. The number of fused-ring (bicyclic) bond motifs is 1. The lowest BCUT2D eigenvalue weighted by molar-refractivity contribution is 0.0828. The SMILES string of the molecule is CCCCCn1nc(C(=O)NNC(=O)c2ccco2)c2ccccc2c1=O. The van der Waals surface area contributed by atoms with Crippen molar-refractivity contribution in [2.75, 3.05) is 0 Å². The van der Waals surface area contributed by atoms with Gasteiger partial charge in [0.05, 0.1) is 11.6 Å². The van der Waals surface area contributed by atoms with E-state index in [-0.39, 0.29) is 17.0 Å². The second-order valence-corrected chi connectivity index (χ2v) is 6.02. The molecule has 2 aromatic heterocycles. The topological polar surface area (TPSA) is 106 Å². The first-order valence-electron chi connectivity index (χ1n) is 8.76. The molecule has 0 fully saturated rings. The summed E-state index contributed by atoms with van der Waals surface area (Å²) in [5.74, 6) is -1.14. The van der Waals surface area contributed by atoms with Crippen LogP contribution in [0.3, 0.4) is 0 Å². The number of hydrogen-bond acceptors (Lipinski definition) is 5. The lowest BCUT2D eigenvalue weighted by Crippen LogP contribution is -2.42. The summed E-state index contributed by atoms with van der Waals surface area (Å²) < 4.78 is 6.28. The molecule has 0 spiro atoms. The monoisotopic (exact) mass is 368 g/mol. The standard InChI is InChI=1S/C19H20N4O4/c1-2-3-6-11-23-19(26)14-9-5-4-8-13(14)16(22-23)18(25)21-20-17(24)15-10-7-12-27-15/h4-5,7-10,12H,2-3,6,11H2,1H3,(H,20,24)(H,21,25). The Kier molecular flexibility index (Phi) is 5.65. The molecule has 140 valence electrons. The molecule has 2 N–H and O–H groups in total. The van der Waals surface area contributed by atoms with Crippen molar-refractivity contribution in [1.29, 1.82) is 0 Å². The molecule has 0 saturated heterocycles. The van der Waals surface area contributed by atoms with E-state index in [2.05, 4.69) is 22.9 Å². The molecule has 0 atom stereocenters. The number of unbranched alkanes of at least 4 members (excludes halogenated alkanes) is 2. The Balaban J connectivity index is 1.87. The number of nitrogens with zero attached hydrogens (tertiary/aromatic N) is 2. The Morgan fingerprint density at radius 2 is 1.78 bits per heavy atom. The highest BCUT2D eigenvalue weighted by Crippen LogP contribution is 2.13. The normalized spacial score (nSPS) is 10.7. The van der Waals surface area contributed by atoms with Crippen molar-refractivity contribution in [2.45, 2.75) is 32.7 Å². The first-order valence-corrected chi connectivity index (χ1v) is 8.76. The molecule has 0 unspecified atom stereocenters. The van der Waals surface area contributed by atoms with Gasteiger partial charge in [0.25, 0.3) is 11.5 Å². The van der Waals surface area contributed by atoms with Crippen LogP contribution in [0.25, 0.3) is 10.8 Å². The lowest BCUT2D eigenvalue weighted by Gasteiger charge is -2.11. The van der Waals surface area contributed by atoms with Gasteiger partial charge in [-0.3, -0.25) is 25.2 Å². The maximum absolute atomic E-state index is 12.6. The molecule has 2 amide bonds.